The van der Waals surface area contributed by atoms with Gasteiger partial charge in [0.25, 0.3) is 5.91 Å². The van der Waals surface area contributed by atoms with Gasteiger partial charge in [0.05, 0.1) is 6.20 Å². The average molecular weight is 284 g/mol. The lowest BCUT2D eigenvalue weighted by molar-refractivity contribution is 0.102. The van der Waals surface area contributed by atoms with Gasteiger partial charge in [-0.25, -0.2) is 9.37 Å². The van der Waals surface area contributed by atoms with Crippen LogP contribution >= 0.6 is 0 Å². The third-order valence-corrected chi connectivity index (χ3v) is 2.62. The Bertz CT molecular complexity index is 715. The zero-order valence-corrected chi connectivity index (χ0v) is 11.4. The number of benzene rings is 1. The first-order chi connectivity index (χ1) is 10.1. The number of nitrogens with zero attached hydrogens (tertiary/aromatic N) is 1. The van der Waals surface area contributed by atoms with Gasteiger partial charge < -0.3 is 10.4 Å². The number of pyridine rings is 1. The normalized spacial score (nSPS) is 9.67. The molecule has 1 amide bonds. The third kappa shape index (κ3) is 4.13. The zero-order chi connectivity index (χ0) is 15.2. The minimum Gasteiger partial charge on any atom is -0.384 e. The molecule has 0 radical (unpaired) electrons. The van der Waals surface area contributed by atoms with Gasteiger partial charge in [-0.15, -0.1) is 0 Å². The number of nitrogens with one attached hydrogen (secondary N) is 1. The molecule has 1 heterocycles. The van der Waals surface area contributed by atoms with Crippen molar-refractivity contribution in [2.45, 2.75) is 6.92 Å². The number of aliphatic hydroxyl groups excluding tert-OH is 1. The Kier molecular flexibility index (Phi) is 4.64. The van der Waals surface area contributed by atoms with E-state index >= 15 is 0 Å². The smallest absolute Gasteiger partial charge is 0.256 e. The summed E-state index contributed by atoms with van der Waals surface area (Å²) in [5.41, 5.74) is 1.93. The molecular formula is C16H13FN2O2. The van der Waals surface area contributed by atoms with E-state index in [1.54, 1.807) is 12.1 Å². The number of carbonyl (C=O) groups excluding carboxylic acids is 1. The van der Waals surface area contributed by atoms with Gasteiger partial charge in [-0.1, -0.05) is 11.8 Å². The van der Waals surface area contributed by atoms with Crippen molar-refractivity contribution >= 4 is 11.7 Å². The Morgan fingerprint density at radius 3 is 2.86 bits per heavy atom. The van der Waals surface area contributed by atoms with E-state index in [9.17, 15) is 9.18 Å². The molecule has 0 saturated carbocycles. The van der Waals surface area contributed by atoms with Crippen molar-refractivity contribution in [3.63, 3.8) is 0 Å². The summed E-state index contributed by atoms with van der Waals surface area (Å²) in [6.07, 6.45) is 1.03. The Labute approximate surface area is 121 Å². The molecule has 2 N–H and O–H groups in total. The van der Waals surface area contributed by atoms with E-state index in [0.29, 0.717) is 11.1 Å². The number of hydrogen-bond acceptors (Lipinski definition) is 3. The van der Waals surface area contributed by atoms with Gasteiger partial charge in [0, 0.05) is 11.1 Å². The van der Waals surface area contributed by atoms with Gasteiger partial charge in [0.1, 0.15) is 18.2 Å². The van der Waals surface area contributed by atoms with Crippen LogP contribution in [0.2, 0.25) is 0 Å². The molecule has 1 aromatic carbocycles. The van der Waals surface area contributed by atoms with E-state index in [-0.39, 0.29) is 18.3 Å². The minimum absolute atomic E-state index is 0.241. The second-order valence-corrected chi connectivity index (χ2v) is 4.36. The van der Waals surface area contributed by atoms with Crippen molar-refractivity contribution in [3.8, 4) is 11.8 Å². The largest absolute Gasteiger partial charge is 0.384 e. The van der Waals surface area contributed by atoms with Crippen LogP contribution in [0.1, 0.15) is 21.5 Å². The second-order valence-electron chi connectivity index (χ2n) is 4.36. The first kappa shape index (κ1) is 14.7. The number of rotatable bonds is 2. The fourth-order valence-corrected chi connectivity index (χ4v) is 1.77. The monoisotopic (exact) mass is 284 g/mol. The van der Waals surface area contributed by atoms with Gasteiger partial charge in [-0.3, -0.25) is 4.79 Å². The van der Waals surface area contributed by atoms with Crippen molar-refractivity contribution < 1.29 is 14.3 Å². The minimum atomic E-state index is -0.467. The van der Waals surface area contributed by atoms with E-state index in [1.807, 2.05) is 13.0 Å². The lowest BCUT2D eigenvalue weighted by atomic mass is 10.1. The number of aromatic nitrogens is 1. The van der Waals surface area contributed by atoms with Crippen LogP contribution in [0.15, 0.2) is 36.5 Å². The van der Waals surface area contributed by atoms with Crippen LogP contribution in [-0.2, 0) is 0 Å². The molecule has 0 aliphatic heterocycles. The fourth-order valence-electron chi connectivity index (χ4n) is 1.77. The van der Waals surface area contributed by atoms with Gasteiger partial charge in [0.15, 0.2) is 0 Å². The van der Waals surface area contributed by atoms with Crippen LogP contribution < -0.4 is 5.32 Å². The summed E-state index contributed by atoms with van der Waals surface area (Å²) < 4.78 is 12.8. The summed E-state index contributed by atoms with van der Waals surface area (Å²) in [4.78, 5) is 15.9. The topological polar surface area (TPSA) is 62.2 Å². The number of aryl methyl sites for hydroxylation is 1. The van der Waals surface area contributed by atoms with Crippen LogP contribution in [0.3, 0.4) is 0 Å². The molecule has 0 bridgehead atoms. The van der Waals surface area contributed by atoms with Gasteiger partial charge in [-0.05, 0) is 42.8 Å². The molecule has 1 aromatic heterocycles. The van der Waals surface area contributed by atoms with E-state index in [1.165, 1.54) is 12.1 Å². The van der Waals surface area contributed by atoms with E-state index < -0.39 is 5.82 Å². The number of amides is 1. The molecule has 0 spiro atoms. The lowest BCUT2D eigenvalue weighted by Crippen LogP contribution is -2.13. The Morgan fingerprint density at radius 1 is 1.38 bits per heavy atom. The highest BCUT2D eigenvalue weighted by Crippen LogP contribution is 2.12. The van der Waals surface area contributed by atoms with Crippen molar-refractivity contribution in [2.75, 3.05) is 11.9 Å². The van der Waals surface area contributed by atoms with Crippen LogP contribution in [-0.4, -0.2) is 22.6 Å². The molecule has 0 aliphatic carbocycles. The highest BCUT2D eigenvalue weighted by atomic mass is 19.1. The van der Waals surface area contributed by atoms with Crippen LogP contribution in [0.4, 0.5) is 10.2 Å². The molecule has 0 aliphatic rings. The number of aliphatic hydroxyl groups is 1. The van der Waals surface area contributed by atoms with Gasteiger partial charge >= 0.3 is 0 Å². The van der Waals surface area contributed by atoms with Crippen LogP contribution in [0, 0.1) is 24.6 Å². The maximum Gasteiger partial charge on any atom is 0.256 e. The first-order valence-electron chi connectivity index (χ1n) is 6.23. The van der Waals surface area contributed by atoms with Gasteiger partial charge in [0.2, 0.25) is 0 Å². The highest BCUT2D eigenvalue weighted by molar-refractivity contribution is 6.04. The van der Waals surface area contributed by atoms with E-state index in [4.69, 9.17) is 5.11 Å². The van der Waals surface area contributed by atoms with Crippen molar-refractivity contribution in [2.24, 2.45) is 0 Å². The average Bonchev–Trinajstić information content (AvgIpc) is 2.47. The van der Waals surface area contributed by atoms with Crippen molar-refractivity contribution in [1.29, 1.82) is 0 Å². The number of carbonyl (C=O) groups is 1. The molecule has 2 rings (SSSR count). The standard InChI is InChI=1S/C16H13FN2O2/c1-11-7-12(3-2-6-20)9-13(8-11)16(21)19-15-5-4-14(17)10-18-15/h4-5,7-10,20H,6H2,1H3,(H,18,19,21). The molecule has 0 atom stereocenters. The number of hydrogen-bond donors (Lipinski definition) is 2. The van der Waals surface area contributed by atoms with Crippen molar-refractivity contribution in [3.05, 3.63) is 59.0 Å². The zero-order valence-electron chi connectivity index (χ0n) is 11.4. The summed E-state index contributed by atoms with van der Waals surface area (Å²) in [7, 11) is 0. The Balaban J connectivity index is 2.22. The summed E-state index contributed by atoms with van der Waals surface area (Å²) in [5, 5.41) is 11.3. The molecular weight excluding hydrogens is 271 g/mol. The molecule has 21 heavy (non-hydrogen) atoms. The predicted octanol–water partition coefficient (Wildman–Crippen LogP) is 2.13. The second kappa shape index (κ2) is 6.64. The first-order valence-corrected chi connectivity index (χ1v) is 6.23. The van der Waals surface area contributed by atoms with Gasteiger partial charge in [-0.2, -0.15) is 0 Å². The predicted molar refractivity (Wildman–Crippen MR) is 77.3 cm³/mol. The quantitative estimate of drug-likeness (QED) is 0.830. The van der Waals surface area contributed by atoms with E-state index in [2.05, 4.69) is 22.1 Å². The maximum atomic E-state index is 12.8. The highest BCUT2D eigenvalue weighted by Gasteiger charge is 2.08. The molecule has 106 valence electrons. The molecule has 0 saturated heterocycles. The molecule has 0 fully saturated rings. The third-order valence-electron chi connectivity index (χ3n) is 2.62. The van der Waals surface area contributed by atoms with E-state index in [0.717, 1.165) is 11.8 Å². The summed E-state index contributed by atoms with van der Waals surface area (Å²) in [6.45, 7) is 1.60. The number of anilines is 1. The fraction of sp³-hybridized carbons (Fsp3) is 0.125. The molecule has 4 nitrogen and oxygen atoms in total. The van der Waals surface area contributed by atoms with Crippen molar-refractivity contribution in [1.82, 2.24) is 4.98 Å². The SMILES string of the molecule is Cc1cc(C#CCO)cc(C(=O)Nc2ccc(F)cn2)c1. The van der Waals surface area contributed by atoms with Crippen LogP contribution in [0.25, 0.3) is 0 Å². The Morgan fingerprint density at radius 2 is 2.19 bits per heavy atom. The summed E-state index contributed by atoms with van der Waals surface area (Å²) in [5.74, 6) is 4.74. The summed E-state index contributed by atoms with van der Waals surface area (Å²) >= 11 is 0. The number of halogens is 1. The lowest BCUT2D eigenvalue weighted by Gasteiger charge is -2.06. The molecule has 2 aromatic rings. The van der Waals surface area contributed by atoms with Crippen LogP contribution in [0.5, 0.6) is 0 Å². The molecule has 0 unspecified atom stereocenters. The Hall–Kier alpha value is -2.71. The molecule has 5 heteroatoms. The maximum absolute atomic E-state index is 12.8. The summed E-state index contributed by atoms with van der Waals surface area (Å²) in [6, 6.07) is 7.75.